The van der Waals surface area contributed by atoms with Crippen molar-refractivity contribution in [2.75, 3.05) is 31.1 Å². The lowest BCUT2D eigenvalue weighted by molar-refractivity contribution is -0.144. The predicted octanol–water partition coefficient (Wildman–Crippen LogP) is 2.73. The first-order valence-corrected chi connectivity index (χ1v) is 9.99. The van der Waals surface area contributed by atoms with Gasteiger partial charge in [0.1, 0.15) is 23.8 Å². The van der Waals surface area contributed by atoms with E-state index in [1.165, 1.54) is 12.1 Å². The average molecular weight is 399 g/mol. The minimum atomic E-state index is -0.640. The number of morpholine rings is 1. The second-order valence-electron chi connectivity index (χ2n) is 8.15. The molecule has 0 radical (unpaired) electrons. The van der Waals surface area contributed by atoms with E-state index in [-0.39, 0.29) is 24.2 Å². The van der Waals surface area contributed by atoms with Gasteiger partial charge in [-0.25, -0.2) is 4.39 Å². The minimum absolute atomic E-state index is 0.0603. The van der Waals surface area contributed by atoms with Gasteiger partial charge < -0.3 is 19.1 Å². The summed E-state index contributed by atoms with van der Waals surface area (Å²) in [5.41, 5.74) is 0.318. The quantitative estimate of drug-likeness (QED) is 0.793. The van der Waals surface area contributed by atoms with Crippen LogP contribution in [0.1, 0.15) is 47.8 Å². The molecular weight excluding hydrogens is 377 g/mol. The zero-order valence-corrected chi connectivity index (χ0v) is 16.0. The molecule has 8 heteroatoms. The number of carbonyl (C=O) groups is 2. The molecule has 1 aromatic carbocycles. The Balaban J connectivity index is 1.33. The van der Waals surface area contributed by atoms with E-state index in [1.807, 2.05) is 0 Å². The summed E-state index contributed by atoms with van der Waals surface area (Å²) in [5, 5.41) is 3.96. The Labute approximate surface area is 167 Å². The van der Waals surface area contributed by atoms with Crippen molar-refractivity contribution < 1.29 is 23.2 Å². The number of amides is 2. The van der Waals surface area contributed by atoms with Gasteiger partial charge in [0.2, 0.25) is 0 Å². The van der Waals surface area contributed by atoms with Crippen molar-refractivity contribution in [2.24, 2.45) is 0 Å². The Bertz CT molecular complexity index is 940. The Kier molecular flexibility index (Phi) is 4.38. The van der Waals surface area contributed by atoms with Gasteiger partial charge in [0.15, 0.2) is 5.69 Å². The van der Waals surface area contributed by atoms with Crippen LogP contribution in [-0.2, 0) is 9.53 Å². The highest BCUT2D eigenvalue weighted by Crippen LogP contribution is 2.40. The summed E-state index contributed by atoms with van der Waals surface area (Å²) >= 11 is 0. The Morgan fingerprint density at radius 1 is 1.21 bits per heavy atom. The van der Waals surface area contributed by atoms with Crippen molar-refractivity contribution in [3.63, 3.8) is 0 Å². The van der Waals surface area contributed by atoms with Crippen molar-refractivity contribution in [1.82, 2.24) is 10.1 Å². The lowest BCUT2D eigenvalue weighted by Gasteiger charge is -2.47. The second-order valence-corrected chi connectivity index (χ2v) is 8.15. The third kappa shape index (κ3) is 3.53. The molecule has 2 aliphatic heterocycles. The molecule has 1 aromatic heterocycles. The number of ether oxygens (including phenoxy) is 1. The summed E-state index contributed by atoms with van der Waals surface area (Å²) in [6, 6.07) is 7.60. The molecule has 3 fully saturated rings. The predicted molar refractivity (Wildman–Crippen MR) is 101 cm³/mol. The van der Waals surface area contributed by atoms with Crippen LogP contribution in [0, 0.1) is 5.82 Å². The maximum absolute atomic E-state index is 13.3. The van der Waals surface area contributed by atoms with Gasteiger partial charge in [-0.15, -0.1) is 0 Å². The van der Waals surface area contributed by atoms with Gasteiger partial charge in [0.25, 0.3) is 11.8 Å². The van der Waals surface area contributed by atoms with Gasteiger partial charge in [0, 0.05) is 24.2 Å². The molecular formula is C21H22FN3O4. The highest BCUT2D eigenvalue weighted by atomic mass is 19.1. The maximum atomic E-state index is 13.3. The molecule has 0 bridgehead atoms. The number of hydrogen-bond acceptors (Lipinski definition) is 5. The molecule has 3 heterocycles. The highest BCUT2D eigenvalue weighted by molar-refractivity contribution is 5.95. The third-order valence-corrected chi connectivity index (χ3v) is 5.94. The number of piperidine rings is 1. The first kappa shape index (κ1) is 18.3. The average Bonchev–Trinajstić information content (AvgIpc) is 3.47. The van der Waals surface area contributed by atoms with Crippen LogP contribution >= 0.6 is 0 Å². The number of benzene rings is 1. The van der Waals surface area contributed by atoms with Crippen molar-refractivity contribution in [2.45, 2.75) is 37.2 Å². The van der Waals surface area contributed by atoms with E-state index in [1.54, 1.807) is 28.0 Å². The number of likely N-dealkylation sites (tertiary alicyclic amines) is 1. The zero-order chi connectivity index (χ0) is 20.0. The number of halogens is 1. The number of anilines is 1. The lowest BCUT2D eigenvalue weighted by atomic mass is 9.90. The molecule has 29 heavy (non-hydrogen) atoms. The first-order chi connectivity index (χ1) is 14.0. The van der Waals surface area contributed by atoms with E-state index in [0.717, 1.165) is 31.4 Å². The summed E-state index contributed by atoms with van der Waals surface area (Å²) in [7, 11) is 0. The van der Waals surface area contributed by atoms with Crippen LogP contribution in [0.5, 0.6) is 0 Å². The van der Waals surface area contributed by atoms with Crippen LogP contribution in [0.15, 0.2) is 34.9 Å². The van der Waals surface area contributed by atoms with Gasteiger partial charge >= 0.3 is 0 Å². The van der Waals surface area contributed by atoms with E-state index in [9.17, 15) is 14.0 Å². The second kappa shape index (κ2) is 6.95. The SMILES string of the molecule is O=C(c1cc(C2CC2)on1)N1CCCC2(C1)CN(c1ccc(F)cc1)C(=O)CO2. The Morgan fingerprint density at radius 3 is 2.76 bits per heavy atom. The molecule has 1 unspecified atom stereocenters. The number of nitrogens with zero attached hydrogens (tertiary/aromatic N) is 3. The fourth-order valence-corrected chi connectivity index (χ4v) is 4.20. The van der Waals surface area contributed by atoms with E-state index < -0.39 is 5.60 Å². The largest absolute Gasteiger partial charge is 0.361 e. The van der Waals surface area contributed by atoms with Crippen LogP contribution in [0.4, 0.5) is 10.1 Å². The van der Waals surface area contributed by atoms with E-state index in [2.05, 4.69) is 5.16 Å². The Morgan fingerprint density at radius 2 is 2.00 bits per heavy atom. The fraction of sp³-hybridized carbons (Fsp3) is 0.476. The maximum Gasteiger partial charge on any atom is 0.276 e. The summed E-state index contributed by atoms with van der Waals surface area (Å²) in [6.45, 7) is 1.26. The fourth-order valence-electron chi connectivity index (χ4n) is 4.20. The molecule has 3 aliphatic rings. The molecule has 152 valence electrons. The number of aromatic nitrogens is 1. The van der Waals surface area contributed by atoms with Crippen LogP contribution in [0.2, 0.25) is 0 Å². The topological polar surface area (TPSA) is 75.9 Å². The van der Waals surface area contributed by atoms with Crippen LogP contribution in [0.3, 0.4) is 0 Å². The number of rotatable bonds is 3. The number of carbonyl (C=O) groups excluding carboxylic acids is 2. The van der Waals surface area contributed by atoms with Crippen molar-refractivity contribution in [3.05, 3.63) is 47.6 Å². The highest BCUT2D eigenvalue weighted by Gasteiger charge is 2.45. The summed E-state index contributed by atoms with van der Waals surface area (Å²) in [6.07, 6.45) is 3.67. The zero-order valence-electron chi connectivity index (χ0n) is 16.0. The molecule has 1 saturated carbocycles. The summed E-state index contributed by atoms with van der Waals surface area (Å²) in [5.74, 6) is 0.484. The number of hydrogen-bond donors (Lipinski definition) is 0. The summed E-state index contributed by atoms with van der Waals surface area (Å²) in [4.78, 5) is 28.7. The third-order valence-electron chi connectivity index (χ3n) is 5.94. The van der Waals surface area contributed by atoms with Gasteiger partial charge in [0.05, 0.1) is 13.1 Å². The molecule has 1 spiro atoms. The molecule has 2 amide bonds. The van der Waals surface area contributed by atoms with Crippen molar-refractivity contribution in [3.8, 4) is 0 Å². The standard InChI is InChI=1S/C21H22FN3O4/c22-15-4-6-16(7-5-15)25-13-21(28-11-19(25)26)8-1-9-24(12-21)20(27)17-10-18(29-23-17)14-2-3-14/h4-7,10,14H,1-3,8-9,11-13H2. The Hall–Kier alpha value is -2.74. The minimum Gasteiger partial charge on any atom is -0.361 e. The molecule has 1 atom stereocenters. The molecule has 2 saturated heterocycles. The van der Waals surface area contributed by atoms with E-state index in [4.69, 9.17) is 9.26 Å². The monoisotopic (exact) mass is 399 g/mol. The van der Waals surface area contributed by atoms with Gasteiger partial charge in [-0.3, -0.25) is 9.59 Å². The normalized spacial score (nSPS) is 24.9. The van der Waals surface area contributed by atoms with Crippen LogP contribution < -0.4 is 4.90 Å². The first-order valence-electron chi connectivity index (χ1n) is 9.99. The summed E-state index contributed by atoms with van der Waals surface area (Å²) < 4.78 is 24.6. The smallest absolute Gasteiger partial charge is 0.276 e. The van der Waals surface area contributed by atoms with Gasteiger partial charge in [-0.05, 0) is 49.9 Å². The van der Waals surface area contributed by atoms with Crippen LogP contribution in [0.25, 0.3) is 0 Å². The van der Waals surface area contributed by atoms with E-state index >= 15 is 0 Å². The molecule has 7 nitrogen and oxygen atoms in total. The van der Waals surface area contributed by atoms with E-state index in [0.29, 0.717) is 36.9 Å². The van der Waals surface area contributed by atoms with Crippen molar-refractivity contribution >= 4 is 17.5 Å². The van der Waals surface area contributed by atoms with Gasteiger partial charge in [-0.1, -0.05) is 5.16 Å². The molecule has 2 aromatic rings. The van der Waals surface area contributed by atoms with Crippen molar-refractivity contribution in [1.29, 1.82) is 0 Å². The molecule has 0 N–H and O–H groups in total. The van der Waals surface area contributed by atoms with Crippen LogP contribution in [-0.4, -0.2) is 53.7 Å². The van der Waals surface area contributed by atoms with Gasteiger partial charge in [-0.2, -0.15) is 0 Å². The molecule has 1 aliphatic carbocycles. The lowest BCUT2D eigenvalue weighted by Crippen LogP contribution is -2.62. The molecule has 5 rings (SSSR count).